The van der Waals surface area contributed by atoms with Crippen molar-refractivity contribution in [1.29, 1.82) is 0 Å². The number of phenolic OH excluding ortho intramolecular Hbond substituents is 1. The Bertz CT molecular complexity index is 1110. The second-order valence-corrected chi connectivity index (χ2v) is 9.02. The number of aryl methyl sites for hydroxylation is 1. The Hall–Kier alpha value is -3.23. The number of fused-ring (bicyclic) bond motifs is 1. The summed E-state index contributed by atoms with van der Waals surface area (Å²) in [6, 6.07) is 11.3. The number of hydrogen-bond donors (Lipinski definition) is 2. The van der Waals surface area contributed by atoms with Gasteiger partial charge in [0.2, 0.25) is 0 Å². The molecule has 3 aromatic rings. The maximum absolute atomic E-state index is 11.4. The summed E-state index contributed by atoms with van der Waals surface area (Å²) in [5, 5.41) is 30.2. The molecular formula is C25H31N3O5. The minimum atomic E-state index is -1.02. The van der Waals surface area contributed by atoms with E-state index in [0.717, 1.165) is 22.2 Å². The van der Waals surface area contributed by atoms with E-state index in [-0.39, 0.29) is 24.4 Å². The molecular weight excluding hydrogens is 422 g/mol. The van der Waals surface area contributed by atoms with Gasteiger partial charge in [0.1, 0.15) is 29.1 Å². The first-order valence-corrected chi connectivity index (χ1v) is 10.9. The predicted octanol–water partition coefficient (Wildman–Crippen LogP) is 3.81. The number of carbonyl (C=O) groups is 1. The number of nitrogens with zero attached hydrogens (tertiary/aromatic N) is 3. The van der Waals surface area contributed by atoms with Crippen molar-refractivity contribution in [3.63, 3.8) is 0 Å². The van der Waals surface area contributed by atoms with Crippen LogP contribution in [0.4, 0.5) is 0 Å². The average Bonchev–Trinajstić information content (AvgIpc) is 3.18. The van der Waals surface area contributed by atoms with Gasteiger partial charge in [0, 0.05) is 17.6 Å². The second-order valence-electron chi connectivity index (χ2n) is 9.02. The number of hydrogen-bond acceptors (Lipinski definition) is 7. The highest BCUT2D eigenvalue weighted by molar-refractivity contribution is 5.86. The minimum Gasteiger partial charge on any atom is -0.505 e. The number of aliphatic hydroxyl groups excluding tert-OH is 1. The number of aliphatic hydroxyl groups is 1. The molecule has 2 aromatic carbocycles. The van der Waals surface area contributed by atoms with Crippen molar-refractivity contribution < 1.29 is 24.5 Å². The number of aromatic hydroxyl groups is 1. The topological polar surface area (TPSA) is 107 Å². The van der Waals surface area contributed by atoms with Crippen molar-refractivity contribution >= 4 is 17.0 Å². The summed E-state index contributed by atoms with van der Waals surface area (Å²) < 4.78 is 10.3. The largest absolute Gasteiger partial charge is 0.505 e. The molecule has 1 atom stereocenters. The Morgan fingerprint density at radius 1 is 1.15 bits per heavy atom. The van der Waals surface area contributed by atoms with Gasteiger partial charge in [-0.3, -0.25) is 0 Å². The highest BCUT2D eigenvalue weighted by atomic mass is 16.6. The van der Waals surface area contributed by atoms with E-state index in [0.29, 0.717) is 24.1 Å². The number of phenols is 1. The van der Waals surface area contributed by atoms with Gasteiger partial charge in [0.05, 0.1) is 6.61 Å². The molecule has 0 radical (unpaired) electrons. The van der Waals surface area contributed by atoms with E-state index in [4.69, 9.17) is 9.47 Å². The Kier molecular flexibility index (Phi) is 7.50. The van der Waals surface area contributed by atoms with E-state index in [1.165, 1.54) is 4.80 Å². The minimum absolute atomic E-state index is 0.0405. The molecule has 1 heterocycles. The number of aromatic nitrogens is 3. The van der Waals surface area contributed by atoms with Crippen molar-refractivity contribution in [1.82, 2.24) is 15.0 Å². The van der Waals surface area contributed by atoms with Crippen LogP contribution in [0.2, 0.25) is 0 Å². The number of ether oxygens (including phenoxy) is 2. The molecule has 33 heavy (non-hydrogen) atoms. The van der Waals surface area contributed by atoms with Gasteiger partial charge in [0.15, 0.2) is 6.29 Å². The SMILES string of the molecule is C=C(C)C(=O)OCCOC(O)CCc1cc(-n2nc3ccccc3n2)c(O)c(C(C)(C)C)c1. The van der Waals surface area contributed by atoms with Crippen LogP contribution in [-0.4, -0.2) is 50.7 Å². The van der Waals surface area contributed by atoms with Crippen LogP contribution in [0.25, 0.3) is 16.7 Å². The lowest BCUT2D eigenvalue weighted by Gasteiger charge is -2.23. The monoisotopic (exact) mass is 453 g/mol. The van der Waals surface area contributed by atoms with Gasteiger partial charge in [-0.2, -0.15) is 0 Å². The molecule has 1 aromatic heterocycles. The molecule has 176 valence electrons. The number of benzene rings is 2. The Morgan fingerprint density at radius 2 is 1.79 bits per heavy atom. The van der Waals surface area contributed by atoms with E-state index in [2.05, 4.69) is 16.8 Å². The summed E-state index contributed by atoms with van der Waals surface area (Å²) >= 11 is 0. The zero-order chi connectivity index (χ0) is 24.2. The van der Waals surface area contributed by atoms with Crippen LogP contribution in [0, 0.1) is 0 Å². The highest BCUT2D eigenvalue weighted by Crippen LogP contribution is 2.36. The van der Waals surface area contributed by atoms with Crippen LogP contribution in [0.5, 0.6) is 5.75 Å². The first kappa shape index (κ1) is 24.4. The van der Waals surface area contributed by atoms with E-state index in [9.17, 15) is 15.0 Å². The smallest absolute Gasteiger partial charge is 0.333 e. The molecule has 0 aliphatic heterocycles. The molecule has 8 heteroatoms. The zero-order valence-electron chi connectivity index (χ0n) is 19.5. The Balaban J connectivity index is 1.74. The molecule has 0 spiro atoms. The van der Waals surface area contributed by atoms with Gasteiger partial charge < -0.3 is 19.7 Å². The summed E-state index contributed by atoms with van der Waals surface area (Å²) in [4.78, 5) is 12.8. The van der Waals surface area contributed by atoms with Crippen molar-refractivity contribution in [2.45, 2.75) is 52.2 Å². The molecule has 0 bridgehead atoms. The molecule has 3 rings (SSSR count). The normalized spacial score (nSPS) is 12.6. The molecule has 8 nitrogen and oxygen atoms in total. The Labute approximate surface area is 193 Å². The van der Waals surface area contributed by atoms with E-state index in [1.807, 2.05) is 57.2 Å². The fraction of sp³-hybridized carbons (Fsp3) is 0.400. The van der Waals surface area contributed by atoms with Gasteiger partial charge >= 0.3 is 5.97 Å². The average molecular weight is 454 g/mol. The molecule has 0 amide bonds. The molecule has 2 N–H and O–H groups in total. The molecule has 0 fully saturated rings. The van der Waals surface area contributed by atoms with Crippen LogP contribution in [0.1, 0.15) is 45.2 Å². The van der Waals surface area contributed by atoms with Gasteiger partial charge in [-0.1, -0.05) is 45.5 Å². The number of carbonyl (C=O) groups excluding carboxylic acids is 1. The molecule has 0 saturated carbocycles. The maximum Gasteiger partial charge on any atom is 0.333 e. The summed E-state index contributed by atoms with van der Waals surface area (Å²) in [6.07, 6.45) is -0.185. The maximum atomic E-state index is 11.4. The quantitative estimate of drug-likeness (QED) is 0.220. The summed E-state index contributed by atoms with van der Waals surface area (Å²) in [5.74, 6) is -0.359. The third kappa shape index (κ3) is 6.18. The van der Waals surface area contributed by atoms with Crippen molar-refractivity contribution in [3.8, 4) is 11.4 Å². The fourth-order valence-electron chi connectivity index (χ4n) is 3.33. The molecule has 1 unspecified atom stereocenters. The van der Waals surface area contributed by atoms with Crippen LogP contribution in [-0.2, 0) is 26.1 Å². The van der Waals surface area contributed by atoms with E-state index >= 15 is 0 Å². The molecule has 0 saturated heterocycles. The molecule has 0 aliphatic rings. The summed E-state index contributed by atoms with van der Waals surface area (Å²) in [6.45, 7) is 11.3. The second kappa shape index (κ2) is 10.1. The van der Waals surface area contributed by atoms with Crippen LogP contribution in [0.3, 0.4) is 0 Å². The number of esters is 1. The lowest BCUT2D eigenvalue weighted by molar-refractivity contribution is -0.147. The lowest BCUT2D eigenvalue weighted by Crippen LogP contribution is -2.18. The number of rotatable bonds is 9. The first-order chi connectivity index (χ1) is 15.6. The fourth-order valence-corrected chi connectivity index (χ4v) is 3.33. The van der Waals surface area contributed by atoms with Crippen LogP contribution >= 0.6 is 0 Å². The first-order valence-electron chi connectivity index (χ1n) is 10.9. The van der Waals surface area contributed by atoms with Crippen LogP contribution in [0.15, 0.2) is 48.6 Å². The Morgan fingerprint density at radius 3 is 2.36 bits per heavy atom. The third-order valence-corrected chi connectivity index (χ3v) is 5.11. The lowest BCUT2D eigenvalue weighted by atomic mass is 9.84. The van der Waals surface area contributed by atoms with Crippen LogP contribution < -0.4 is 0 Å². The van der Waals surface area contributed by atoms with Crippen molar-refractivity contribution in [2.24, 2.45) is 0 Å². The van der Waals surface area contributed by atoms with E-state index < -0.39 is 12.3 Å². The summed E-state index contributed by atoms with van der Waals surface area (Å²) in [5.41, 5.74) is 3.61. The van der Waals surface area contributed by atoms with Gasteiger partial charge in [-0.05, 0) is 42.5 Å². The van der Waals surface area contributed by atoms with Crippen molar-refractivity contribution in [2.75, 3.05) is 13.2 Å². The summed E-state index contributed by atoms with van der Waals surface area (Å²) in [7, 11) is 0. The molecule has 0 aliphatic carbocycles. The van der Waals surface area contributed by atoms with Gasteiger partial charge in [-0.25, -0.2) is 4.79 Å². The zero-order valence-corrected chi connectivity index (χ0v) is 19.5. The van der Waals surface area contributed by atoms with Gasteiger partial charge in [-0.15, -0.1) is 15.0 Å². The highest BCUT2D eigenvalue weighted by Gasteiger charge is 2.23. The standard InChI is InChI=1S/C25H31N3O5/c1-16(2)24(31)33-13-12-32-22(29)11-10-17-14-18(25(3,4)5)23(30)21(15-17)28-26-19-8-6-7-9-20(19)27-28/h6-9,14-15,22,29-30H,1,10-13H2,2-5H3. The van der Waals surface area contributed by atoms with E-state index in [1.54, 1.807) is 6.92 Å². The predicted molar refractivity (Wildman–Crippen MR) is 125 cm³/mol. The van der Waals surface area contributed by atoms with Gasteiger partial charge in [0.25, 0.3) is 0 Å². The third-order valence-electron chi connectivity index (χ3n) is 5.11. The van der Waals surface area contributed by atoms with Crippen molar-refractivity contribution in [3.05, 3.63) is 59.7 Å².